The molecule has 2 unspecified atom stereocenters. The minimum atomic E-state index is -3.50. The van der Waals surface area contributed by atoms with Gasteiger partial charge in [0.05, 0.1) is 5.75 Å². The van der Waals surface area contributed by atoms with E-state index in [0.717, 1.165) is 25.7 Å². The van der Waals surface area contributed by atoms with Crippen LogP contribution < -0.4 is 10.5 Å². The van der Waals surface area contributed by atoms with Gasteiger partial charge in [0.1, 0.15) is 0 Å². The summed E-state index contributed by atoms with van der Waals surface area (Å²) in [5, 5.41) is 0.735. The lowest BCUT2D eigenvalue weighted by Crippen LogP contribution is -2.45. The molecule has 0 aliphatic heterocycles. The second-order valence-corrected chi connectivity index (χ2v) is 8.03. The number of halogens is 3. The van der Waals surface area contributed by atoms with Crippen molar-refractivity contribution in [3.05, 3.63) is 33.8 Å². The molecule has 2 rings (SSSR count). The highest BCUT2D eigenvalue weighted by Crippen LogP contribution is 2.28. The molecule has 0 bridgehead atoms. The number of benzene rings is 1. The minimum Gasteiger partial charge on any atom is -0.330 e. The van der Waals surface area contributed by atoms with Gasteiger partial charge in [0, 0.05) is 21.7 Å². The van der Waals surface area contributed by atoms with Crippen LogP contribution in [0.5, 0.6) is 0 Å². The maximum Gasteiger partial charge on any atom is 0.216 e. The first-order chi connectivity index (χ1) is 9.93. The van der Waals surface area contributed by atoms with Gasteiger partial charge in [-0.1, -0.05) is 42.1 Å². The summed E-state index contributed by atoms with van der Waals surface area (Å²) in [6.07, 6.45) is 3.93. The fourth-order valence-electron chi connectivity index (χ4n) is 2.78. The Bertz CT molecular complexity index is 576. The van der Waals surface area contributed by atoms with Gasteiger partial charge in [-0.3, -0.25) is 0 Å². The van der Waals surface area contributed by atoms with Crippen LogP contribution in [0.1, 0.15) is 31.2 Å². The molecule has 1 aliphatic carbocycles. The van der Waals surface area contributed by atoms with Crippen LogP contribution in [0.15, 0.2) is 18.2 Å². The van der Waals surface area contributed by atoms with Crippen molar-refractivity contribution in [1.29, 1.82) is 0 Å². The normalized spacial score (nSPS) is 22.1. The zero-order valence-electron chi connectivity index (χ0n) is 12.1. The van der Waals surface area contributed by atoms with Crippen LogP contribution in [0.4, 0.5) is 0 Å². The topological polar surface area (TPSA) is 72.2 Å². The van der Waals surface area contributed by atoms with Crippen molar-refractivity contribution in [3.8, 4) is 0 Å². The molecule has 8 heteroatoms. The average Bonchev–Trinajstić information content (AvgIpc) is 2.43. The zero-order chi connectivity index (χ0) is 15.5. The van der Waals surface area contributed by atoms with Crippen molar-refractivity contribution in [2.24, 2.45) is 11.7 Å². The first kappa shape index (κ1) is 20.0. The van der Waals surface area contributed by atoms with Gasteiger partial charge in [-0.25, -0.2) is 13.1 Å². The van der Waals surface area contributed by atoms with E-state index in [1.165, 1.54) is 0 Å². The predicted octanol–water partition coefficient (Wildman–Crippen LogP) is 3.35. The van der Waals surface area contributed by atoms with Crippen LogP contribution in [-0.2, 0) is 15.8 Å². The highest BCUT2D eigenvalue weighted by molar-refractivity contribution is 7.88. The van der Waals surface area contributed by atoms with Crippen LogP contribution in [0.3, 0.4) is 0 Å². The van der Waals surface area contributed by atoms with Crippen molar-refractivity contribution >= 4 is 45.6 Å². The summed E-state index contributed by atoms with van der Waals surface area (Å²) >= 11 is 12.1. The second kappa shape index (κ2) is 8.71. The van der Waals surface area contributed by atoms with Gasteiger partial charge in [0.2, 0.25) is 10.0 Å². The molecule has 1 aromatic carbocycles. The van der Waals surface area contributed by atoms with E-state index >= 15 is 0 Å². The van der Waals surface area contributed by atoms with Crippen LogP contribution in [-0.4, -0.2) is 21.0 Å². The quantitative estimate of drug-likeness (QED) is 0.813. The van der Waals surface area contributed by atoms with Gasteiger partial charge in [-0.05, 0) is 37.4 Å². The Morgan fingerprint density at radius 1 is 1.18 bits per heavy atom. The summed E-state index contributed by atoms with van der Waals surface area (Å²) in [7, 11) is -3.50. The van der Waals surface area contributed by atoms with E-state index < -0.39 is 10.0 Å². The standard InChI is InChI=1S/C14H20Cl2N2O2S.ClH/c15-12-5-3-6-13(16)11(12)9-21(19,20)18-14-7-2-1-4-10(14)8-17;/h3,5-6,10,14,18H,1-2,4,7-9,17H2;1H. The third kappa shape index (κ3) is 5.25. The van der Waals surface area contributed by atoms with Gasteiger partial charge in [-0.2, -0.15) is 0 Å². The van der Waals surface area contributed by atoms with Crippen LogP contribution >= 0.6 is 35.6 Å². The highest BCUT2D eigenvalue weighted by Gasteiger charge is 2.28. The first-order valence-corrected chi connectivity index (χ1v) is 9.46. The molecule has 2 atom stereocenters. The lowest BCUT2D eigenvalue weighted by atomic mass is 9.85. The number of nitrogens with two attached hydrogens (primary N) is 1. The molecule has 1 saturated carbocycles. The van der Waals surface area contributed by atoms with Gasteiger partial charge in [-0.15, -0.1) is 12.4 Å². The van der Waals surface area contributed by atoms with Gasteiger partial charge in [0.25, 0.3) is 0 Å². The number of hydrogen-bond donors (Lipinski definition) is 2. The Morgan fingerprint density at radius 3 is 2.36 bits per heavy atom. The Labute approximate surface area is 148 Å². The number of sulfonamides is 1. The Morgan fingerprint density at radius 2 is 1.77 bits per heavy atom. The van der Waals surface area contributed by atoms with E-state index in [9.17, 15) is 8.42 Å². The fraction of sp³-hybridized carbons (Fsp3) is 0.571. The molecule has 126 valence electrons. The molecule has 0 saturated heterocycles. The Balaban J connectivity index is 0.00000242. The van der Waals surface area contributed by atoms with E-state index in [0.29, 0.717) is 22.2 Å². The first-order valence-electron chi connectivity index (χ1n) is 7.06. The zero-order valence-corrected chi connectivity index (χ0v) is 15.2. The largest absolute Gasteiger partial charge is 0.330 e. The monoisotopic (exact) mass is 386 g/mol. The summed E-state index contributed by atoms with van der Waals surface area (Å²) in [5.74, 6) is -0.00510. The lowest BCUT2D eigenvalue weighted by molar-refractivity contribution is 0.296. The minimum absolute atomic E-state index is 0. The molecule has 1 aromatic rings. The van der Waals surface area contributed by atoms with E-state index in [-0.39, 0.29) is 30.1 Å². The van der Waals surface area contributed by atoms with E-state index in [4.69, 9.17) is 28.9 Å². The summed E-state index contributed by atoms with van der Waals surface area (Å²) < 4.78 is 27.5. The number of nitrogens with one attached hydrogen (secondary N) is 1. The molecule has 22 heavy (non-hydrogen) atoms. The molecular weight excluding hydrogens is 367 g/mol. The molecule has 3 N–H and O–H groups in total. The number of rotatable bonds is 5. The van der Waals surface area contributed by atoms with Gasteiger partial charge in [0.15, 0.2) is 0 Å². The van der Waals surface area contributed by atoms with E-state index in [2.05, 4.69) is 4.72 Å². The van der Waals surface area contributed by atoms with Gasteiger partial charge >= 0.3 is 0 Å². The smallest absolute Gasteiger partial charge is 0.216 e. The molecule has 0 radical (unpaired) electrons. The Hall–Kier alpha value is -0.0400. The third-order valence-electron chi connectivity index (χ3n) is 3.94. The molecule has 0 amide bonds. The maximum atomic E-state index is 12.4. The lowest BCUT2D eigenvalue weighted by Gasteiger charge is -2.31. The summed E-state index contributed by atoms with van der Waals surface area (Å²) in [6.45, 7) is 0.500. The SMILES string of the molecule is Cl.NCC1CCCCC1NS(=O)(=O)Cc1c(Cl)cccc1Cl. The summed E-state index contributed by atoms with van der Waals surface area (Å²) in [6, 6.07) is 4.89. The van der Waals surface area contributed by atoms with E-state index in [1.807, 2.05) is 0 Å². The maximum absolute atomic E-state index is 12.4. The second-order valence-electron chi connectivity index (χ2n) is 5.46. The summed E-state index contributed by atoms with van der Waals surface area (Å²) in [4.78, 5) is 0. The molecule has 0 spiro atoms. The molecular formula is C14H21Cl3N2O2S. The van der Waals surface area contributed by atoms with Crippen LogP contribution in [0, 0.1) is 5.92 Å². The molecule has 1 fully saturated rings. The highest BCUT2D eigenvalue weighted by atomic mass is 35.5. The van der Waals surface area contributed by atoms with Crippen molar-refractivity contribution in [3.63, 3.8) is 0 Å². The number of hydrogen-bond acceptors (Lipinski definition) is 3. The molecule has 0 heterocycles. The Kier molecular flexibility index (Phi) is 7.92. The van der Waals surface area contributed by atoms with Crippen LogP contribution in [0.2, 0.25) is 10.0 Å². The van der Waals surface area contributed by atoms with Crippen LogP contribution in [0.25, 0.3) is 0 Å². The molecule has 1 aliphatic rings. The van der Waals surface area contributed by atoms with E-state index in [1.54, 1.807) is 18.2 Å². The average molecular weight is 388 g/mol. The third-order valence-corrected chi connectivity index (χ3v) is 5.98. The van der Waals surface area contributed by atoms with Gasteiger partial charge < -0.3 is 5.73 Å². The van der Waals surface area contributed by atoms with Crippen molar-refractivity contribution in [2.75, 3.05) is 6.54 Å². The fourth-order valence-corrected chi connectivity index (χ4v) is 5.01. The molecule has 4 nitrogen and oxygen atoms in total. The summed E-state index contributed by atoms with van der Waals surface area (Å²) in [5.41, 5.74) is 6.17. The van der Waals surface area contributed by atoms with Crippen molar-refractivity contribution < 1.29 is 8.42 Å². The predicted molar refractivity (Wildman–Crippen MR) is 94.3 cm³/mol. The van der Waals surface area contributed by atoms with Crippen molar-refractivity contribution in [2.45, 2.75) is 37.5 Å². The molecule has 0 aromatic heterocycles. The van der Waals surface area contributed by atoms with Crippen molar-refractivity contribution in [1.82, 2.24) is 4.72 Å².